The van der Waals surface area contributed by atoms with E-state index in [1.54, 1.807) is 6.08 Å². The second-order valence-electron chi connectivity index (χ2n) is 23.6. The third-order valence-electron chi connectivity index (χ3n) is 16.0. The second kappa shape index (κ2) is 57.1. The molecule has 468 valence electrons. The maximum atomic E-state index is 13.5. The fourth-order valence-corrected chi connectivity index (χ4v) is 10.6. The van der Waals surface area contributed by atoms with Crippen molar-refractivity contribution in [1.29, 1.82) is 0 Å². The van der Waals surface area contributed by atoms with E-state index in [0.29, 0.717) is 19.3 Å². The van der Waals surface area contributed by atoms with Crippen LogP contribution >= 0.6 is 0 Å². The van der Waals surface area contributed by atoms with Gasteiger partial charge in [0.25, 0.3) is 0 Å². The predicted molar refractivity (Wildman–Crippen MR) is 334 cm³/mol. The smallest absolute Gasteiger partial charge is 0.306 e. The molecule has 0 aromatic carbocycles. The van der Waals surface area contributed by atoms with Crippen LogP contribution in [0.3, 0.4) is 0 Å². The lowest BCUT2D eigenvalue weighted by Gasteiger charge is -2.41. The highest BCUT2D eigenvalue weighted by molar-refractivity contribution is 5.80. The molecule has 1 amide bonds. The van der Waals surface area contributed by atoms with Crippen LogP contribution in [0.25, 0.3) is 0 Å². The minimum Gasteiger partial charge on any atom is -0.454 e. The number of rotatable bonds is 58. The molecule has 6 N–H and O–H groups in total. The summed E-state index contributed by atoms with van der Waals surface area (Å²) in [5, 5.41) is 57.1. The third-order valence-corrected chi connectivity index (χ3v) is 16.0. The summed E-state index contributed by atoms with van der Waals surface area (Å²) in [7, 11) is 0. The molecule has 1 aliphatic heterocycles. The summed E-state index contributed by atoms with van der Waals surface area (Å²) >= 11 is 0. The largest absolute Gasteiger partial charge is 0.454 e. The summed E-state index contributed by atoms with van der Waals surface area (Å²) in [6, 6.07) is -1.02. The molecule has 8 atom stereocenters. The molecular weight excluding hydrogens is 1000 g/mol. The van der Waals surface area contributed by atoms with E-state index < -0.39 is 67.4 Å². The monoisotopic (exact) mass is 1130 g/mol. The van der Waals surface area contributed by atoms with Crippen molar-refractivity contribution in [2.24, 2.45) is 0 Å². The molecule has 80 heavy (non-hydrogen) atoms. The molecule has 0 aliphatic carbocycles. The van der Waals surface area contributed by atoms with Gasteiger partial charge in [0.1, 0.15) is 24.4 Å². The number of carbonyl (C=O) groups is 2. The van der Waals surface area contributed by atoms with Gasteiger partial charge in [0.2, 0.25) is 5.91 Å². The van der Waals surface area contributed by atoms with E-state index in [2.05, 4.69) is 62.5 Å². The van der Waals surface area contributed by atoms with E-state index in [1.165, 1.54) is 199 Å². The number of aliphatic hydroxyl groups is 5. The van der Waals surface area contributed by atoms with Crippen molar-refractivity contribution in [3.05, 3.63) is 48.6 Å². The van der Waals surface area contributed by atoms with E-state index in [9.17, 15) is 35.1 Å². The first-order chi connectivity index (χ1) is 39.2. The van der Waals surface area contributed by atoms with E-state index >= 15 is 0 Å². The zero-order chi connectivity index (χ0) is 58.2. The van der Waals surface area contributed by atoms with E-state index in [-0.39, 0.29) is 13.0 Å². The van der Waals surface area contributed by atoms with Crippen LogP contribution in [0.1, 0.15) is 316 Å². The lowest BCUT2D eigenvalue weighted by atomic mass is 9.99. The maximum absolute atomic E-state index is 13.5. The fourth-order valence-electron chi connectivity index (χ4n) is 10.6. The molecule has 0 aromatic rings. The van der Waals surface area contributed by atoms with Gasteiger partial charge in [-0.05, 0) is 64.2 Å². The Bertz CT molecular complexity index is 1490. The lowest BCUT2D eigenvalue weighted by Crippen LogP contribution is -2.61. The Morgan fingerprint density at radius 1 is 0.487 bits per heavy atom. The summed E-state index contributed by atoms with van der Waals surface area (Å²) in [6.07, 6.45) is 60.1. The average molecular weight is 1130 g/mol. The Balaban J connectivity index is 2.56. The number of allylic oxidation sites excluding steroid dienone is 7. The number of unbranched alkanes of at least 4 members (excludes halogenated alkanes) is 38. The quantitative estimate of drug-likeness (QED) is 0.0195. The number of amides is 1. The molecule has 0 saturated carbocycles. The van der Waals surface area contributed by atoms with Crippen molar-refractivity contribution in [2.45, 2.75) is 365 Å². The summed E-state index contributed by atoms with van der Waals surface area (Å²) in [5.74, 6) is -1.18. The topological polar surface area (TPSA) is 175 Å². The number of hydrogen-bond donors (Lipinski definition) is 6. The van der Waals surface area contributed by atoms with Gasteiger partial charge in [-0.3, -0.25) is 9.59 Å². The van der Waals surface area contributed by atoms with Crippen LogP contribution in [0.4, 0.5) is 0 Å². The Morgan fingerprint density at radius 3 is 1.31 bits per heavy atom. The van der Waals surface area contributed by atoms with Crippen molar-refractivity contribution in [3.8, 4) is 0 Å². The van der Waals surface area contributed by atoms with Gasteiger partial charge in [-0.1, -0.05) is 294 Å². The molecule has 1 saturated heterocycles. The number of ether oxygens (including phenoxy) is 3. The Morgan fingerprint density at radius 2 is 0.863 bits per heavy atom. The second-order valence-corrected chi connectivity index (χ2v) is 23.6. The molecule has 8 unspecified atom stereocenters. The Kier molecular flexibility index (Phi) is 54.0. The van der Waals surface area contributed by atoms with E-state index in [0.717, 1.165) is 70.6 Å². The highest BCUT2D eigenvalue weighted by atomic mass is 16.7. The summed E-state index contributed by atoms with van der Waals surface area (Å²) < 4.78 is 17.6. The van der Waals surface area contributed by atoms with Gasteiger partial charge in [-0.15, -0.1) is 0 Å². The van der Waals surface area contributed by atoms with Crippen LogP contribution in [0.5, 0.6) is 0 Å². The normalized spacial score (nSPS) is 19.0. The van der Waals surface area contributed by atoms with Gasteiger partial charge in [0.05, 0.1) is 25.4 Å². The molecule has 1 heterocycles. The fraction of sp³-hybridized carbons (Fsp3) is 0.855. The minimum atomic E-state index is -1.61. The average Bonchev–Trinajstić information content (AvgIpc) is 3.51. The van der Waals surface area contributed by atoms with Crippen LogP contribution in [0, 0.1) is 0 Å². The molecule has 0 radical (unpaired) electrons. The number of aliphatic hydroxyl groups excluding tert-OH is 5. The molecule has 11 nitrogen and oxygen atoms in total. The lowest BCUT2D eigenvalue weighted by molar-refractivity contribution is -0.305. The van der Waals surface area contributed by atoms with Crippen LogP contribution in [0.15, 0.2) is 48.6 Å². The molecule has 1 fully saturated rings. The molecule has 1 rings (SSSR count). The summed E-state index contributed by atoms with van der Waals surface area (Å²) in [5.41, 5.74) is 0. The first kappa shape index (κ1) is 75.6. The Hall–Kier alpha value is -2.38. The first-order valence-corrected chi connectivity index (χ1v) is 33.9. The molecule has 0 bridgehead atoms. The van der Waals surface area contributed by atoms with Gasteiger partial charge in [-0.25, -0.2) is 0 Å². The SMILES string of the molecule is CCCCC/C=C\C/C=C\C/C=C\CCCCCCCCCCCCCCCC(O)C(=O)NC(COC1OC(CO)C(O)C(O)C1OC(=O)CCCCCCCCCCCCCCC)C(O)/C=C/CCCCCCCCCCCC. The van der Waals surface area contributed by atoms with Crippen molar-refractivity contribution in [1.82, 2.24) is 5.32 Å². The van der Waals surface area contributed by atoms with Crippen LogP contribution < -0.4 is 5.32 Å². The van der Waals surface area contributed by atoms with Crippen LogP contribution in [-0.4, -0.2) is 99.6 Å². The standard InChI is InChI=1S/C69H127NO10/c1-4-7-10-13-16-19-22-25-26-27-28-29-30-31-32-33-34-35-36-37-39-41-44-47-50-53-56-62(73)68(77)70-60(61(72)55-52-49-46-43-40-24-21-18-15-12-9-6-3)59-78-69-67(66(76)65(75)63(58-71)79-69)80-64(74)57-54-51-48-45-42-38-23-20-17-14-11-8-5-2/h16,19,25-26,28-29,52,55,60-63,65-67,69,71-73,75-76H,4-15,17-18,20-24,27,30-51,53-54,56-59H2,1-3H3,(H,70,77)/b19-16-,26-25-,29-28-,55-52+. The van der Waals surface area contributed by atoms with Gasteiger partial charge < -0.3 is 45.1 Å². The van der Waals surface area contributed by atoms with Crippen molar-refractivity contribution >= 4 is 11.9 Å². The van der Waals surface area contributed by atoms with Crippen molar-refractivity contribution in [3.63, 3.8) is 0 Å². The van der Waals surface area contributed by atoms with Gasteiger partial charge in [-0.2, -0.15) is 0 Å². The zero-order valence-electron chi connectivity index (χ0n) is 52.0. The first-order valence-electron chi connectivity index (χ1n) is 33.9. The minimum absolute atomic E-state index is 0.128. The Labute approximate surface area is 491 Å². The molecule has 0 aromatic heterocycles. The van der Waals surface area contributed by atoms with Gasteiger partial charge in [0, 0.05) is 6.42 Å². The number of esters is 1. The number of carbonyl (C=O) groups excluding carboxylic acids is 2. The number of nitrogens with one attached hydrogen (secondary N) is 1. The maximum Gasteiger partial charge on any atom is 0.306 e. The highest BCUT2D eigenvalue weighted by Gasteiger charge is 2.47. The predicted octanol–water partition coefficient (Wildman–Crippen LogP) is 16.8. The highest BCUT2D eigenvalue weighted by Crippen LogP contribution is 2.26. The van der Waals surface area contributed by atoms with Crippen LogP contribution in [-0.2, 0) is 23.8 Å². The molecule has 11 heteroatoms. The molecule has 1 aliphatic rings. The molecular formula is C69H127NO10. The van der Waals surface area contributed by atoms with Gasteiger partial charge in [0.15, 0.2) is 12.4 Å². The van der Waals surface area contributed by atoms with Gasteiger partial charge >= 0.3 is 5.97 Å². The van der Waals surface area contributed by atoms with E-state index in [4.69, 9.17) is 14.2 Å². The summed E-state index contributed by atoms with van der Waals surface area (Å²) in [4.78, 5) is 26.6. The van der Waals surface area contributed by atoms with Crippen molar-refractivity contribution in [2.75, 3.05) is 13.2 Å². The summed E-state index contributed by atoms with van der Waals surface area (Å²) in [6.45, 7) is 5.78. The zero-order valence-corrected chi connectivity index (χ0v) is 52.0. The van der Waals surface area contributed by atoms with Crippen LogP contribution in [0.2, 0.25) is 0 Å². The van der Waals surface area contributed by atoms with E-state index in [1.807, 2.05) is 6.08 Å². The molecule has 0 spiro atoms. The third kappa shape index (κ3) is 44.2. The number of hydrogen-bond acceptors (Lipinski definition) is 10. The van der Waals surface area contributed by atoms with Crippen molar-refractivity contribution < 1.29 is 49.3 Å².